The second kappa shape index (κ2) is 2.55. The molecule has 0 heterocycles. The van der Waals surface area contributed by atoms with E-state index in [0.717, 1.165) is 5.12 Å². The van der Waals surface area contributed by atoms with E-state index in [9.17, 15) is 0 Å². The second-order valence-corrected chi connectivity index (χ2v) is 2.00. The summed E-state index contributed by atoms with van der Waals surface area (Å²) in [5.41, 5.74) is 6.80. The second-order valence-electron chi connectivity index (χ2n) is 2.00. The minimum Gasteiger partial charge on any atom is -0.399 e. The summed E-state index contributed by atoms with van der Waals surface area (Å²) < 4.78 is 0. The molecule has 1 aromatic rings. The summed E-state index contributed by atoms with van der Waals surface area (Å²) in [7, 11) is 0. The minimum absolute atomic E-state index is 0.651. The Morgan fingerprint density at radius 1 is 1.20 bits per heavy atom. The molecule has 0 aliphatic rings. The highest BCUT2D eigenvalue weighted by atomic mass is 15.6. The first-order valence-electron chi connectivity index (χ1n) is 2.85. The Hall–Kier alpha value is -1.26. The first-order chi connectivity index (χ1) is 4.70. The molecule has 0 atom stereocenters. The van der Waals surface area contributed by atoms with E-state index in [0.29, 0.717) is 11.4 Å². The lowest BCUT2D eigenvalue weighted by Crippen LogP contribution is -2.37. The summed E-state index contributed by atoms with van der Waals surface area (Å²) in [5.74, 6) is 10.5. The van der Waals surface area contributed by atoms with Crippen LogP contribution in [0.15, 0.2) is 24.3 Å². The Morgan fingerprint density at radius 2 is 1.90 bits per heavy atom. The van der Waals surface area contributed by atoms with Crippen LogP contribution in [0.2, 0.25) is 0 Å². The van der Waals surface area contributed by atoms with Crippen LogP contribution in [-0.4, -0.2) is 0 Å². The van der Waals surface area contributed by atoms with Crippen molar-refractivity contribution in [3.8, 4) is 0 Å². The normalized spacial score (nSPS) is 9.40. The van der Waals surface area contributed by atoms with Gasteiger partial charge in [0.15, 0.2) is 0 Å². The minimum atomic E-state index is 0.651. The summed E-state index contributed by atoms with van der Waals surface area (Å²) in [6, 6.07) is 7.03. The largest absolute Gasteiger partial charge is 0.399 e. The van der Waals surface area contributed by atoms with Gasteiger partial charge >= 0.3 is 0 Å². The number of benzene rings is 1. The third-order valence-electron chi connectivity index (χ3n) is 1.17. The number of nitrogens with zero attached hydrogens (tertiary/aromatic N) is 1. The number of hydrogen-bond donors (Lipinski definition) is 3. The molecule has 0 aliphatic carbocycles. The standard InChI is InChI=1S/C6H10N4/c7-5-2-1-3-6(4-5)10(8)9/h1-4H,7-9H2. The van der Waals surface area contributed by atoms with Crippen LogP contribution in [0, 0.1) is 0 Å². The van der Waals surface area contributed by atoms with E-state index in [-0.39, 0.29) is 0 Å². The molecular weight excluding hydrogens is 128 g/mol. The first-order valence-corrected chi connectivity index (χ1v) is 2.85. The van der Waals surface area contributed by atoms with Gasteiger partial charge in [-0.05, 0) is 18.2 Å². The highest BCUT2D eigenvalue weighted by molar-refractivity contribution is 5.53. The van der Waals surface area contributed by atoms with Crippen LogP contribution < -0.4 is 22.5 Å². The molecule has 10 heavy (non-hydrogen) atoms. The molecule has 1 aromatic carbocycles. The summed E-state index contributed by atoms with van der Waals surface area (Å²) in [5, 5.41) is 1.02. The Kier molecular flexibility index (Phi) is 1.75. The summed E-state index contributed by atoms with van der Waals surface area (Å²) >= 11 is 0. The van der Waals surface area contributed by atoms with Crippen molar-refractivity contribution < 1.29 is 0 Å². The van der Waals surface area contributed by atoms with E-state index in [4.69, 9.17) is 17.4 Å². The zero-order valence-electron chi connectivity index (χ0n) is 5.49. The monoisotopic (exact) mass is 138 g/mol. The van der Waals surface area contributed by atoms with Gasteiger partial charge in [-0.25, -0.2) is 16.8 Å². The molecule has 0 fully saturated rings. The van der Waals surface area contributed by atoms with Crippen molar-refractivity contribution in [1.82, 2.24) is 0 Å². The number of hydrazine groups is 2. The van der Waals surface area contributed by atoms with Gasteiger partial charge in [0.25, 0.3) is 0 Å². The molecule has 0 saturated carbocycles. The lowest BCUT2D eigenvalue weighted by Gasteiger charge is -2.10. The van der Waals surface area contributed by atoms with Crippen molar-refractivity contribution in [2.45, 2.75) is 0 Å². The molecular formula is C6H10N4. The van der Waals surface area contributed by atoms with Crippen LogP contribution in [0.4, 0.5) is 11.4 Å². The topological polar surface area (TPSA) is 81.3 Å². The average molecular weight is 138 g/mol. The van der Waals surface area contributed by atoms with Crippen molar-refractivity contribution in [2.75, 3.05) is 10.9 Å². The molecule has 54 valence electrons. The Bertz CT molecular complexity index is 221. The molecule has 0 radical (unpaired) electrons. The Balaban J connectivity index is 2.96. The maximum Gasteiger partial charge on any atom is 0.0717 e. The van der Waals surface area contributed by atoms with Gasteiger partial charge < -0.3 is 5.73 Å². The molecule has 0 bridgehead atoms. The smallest absolute Gasteiger partial charge is 0.0717 e. The van der Waals surface area contributed by atoms with Crippen molar-refractivity contribution in [2.24, 2.45) is 11.7 Å². The van der Waals surface area contributed by atoms with Crippen LogP contribution in [0.3, 0.4) is 0 Å². The number of nitrogen functional groups attached to an aromatic ring is 1. The third kappa shape index (κ3) is 1.37. The molecule has 0 aromatic heterocycles. The van der Waals surface area contributed by atoms with E-state index in [1.807, 2.05) is 0 Å². The van der Waals surface area contributed by atoms with Gasteiger partial charge in [-0.3, -0.25) is 0 Å². The van der Waals surface area contributed by atoms with E-state index in [1.54, 1.807) is 24.3 Å². The molecule has 0 spiro atoms. The van der Waals surface area contributed by atoms with Gasteiger partial charge in [0.05, 0.1) is 5.69 Å². The van der Waals surface area contributed by atoms with Crippen LogP contribution in [0.1, 0.15) is 0 Å². The van der Waals surface area contributed by atoms with Crippen molar-refractivity contribution >= 4 is 11.4 Å². The fourth-order valence-electron chi connectivity index (χ4n) is 0.685. The Morgan fingerprint density at radius 3 is 2.30 bits per heavy atom. The maximum atomic E-state index is 5.46. The highest BCUT2D eigenvalue weighted by Crippen LogP contribution is 2.11. The fourth-order valence-corrected chi connectivity index (χ4v) is 0.685. The van der Waals surface area contributed by atoms with Crippen molar-refractivity contribution in [1.29, 1.82) is 0 Å². The van der Waals surface area contributed by atoms with Crippen molar-refractivity contribution in [3.63, 3.8) is 0 Å². The van der Waals surface area contributed by atoms with E-state index in [2.05, 4.69) is 0 Å². The first kappa shape index (κ1) is 6.85. The van der Waals surface area contributed by atoms with Crippen LogP contribution >= 0.6 is 0 Å². The van der Waals surface area contributed by atoms with Crippen LogP contribution in [0.25, 0.3) is 0 Å². The fraction of sp³-hybridized carbons (Fsp3) is 0. The lowest BCUT2D eigenvalue weighted by atomic mass is 10.3. The van der Waals surface area contributed by atoms with Crippen LogP contribution in [-0.2, 0) is 0 Å². The van der Waals surface area contributed by atoms with Gasteiger partial charge in [0, 0.05) is 5.69 Å². The van der Waals surface area contributed by atoms with Gasteiger partial charge in [0.2, 0.25) is 0 Å². The molecule has 0 amide bonds. The third-order valence-corrected chi connectivity index (χ3v) is 1.17. The number of anilines is 2. The maximum absolute atomic E-state index is 5.46. The van der Waals surface area contributed by atoms with E-state index >= 15 is 0 Å². The Labute approximate surface area is 59.2 Å². The van der Waals surface area contributed by atoms with E-state index < -0.39 is 0 Å². The predicted octanol–water partition coefficient (Wildman–Crippen LogP) is -0.177. The van der Waals surface area contributed by atoms with Gasteiger partial charge in [-0.1, -0.05) is 6.07 Å². The number of nitrogens with two attached hydrogens (primary N) is 3. The predicted molar refractivity (Wildman–Crippen MR) is 41.7 cm³/mol. The van der Waals surface area contributed by atoms with Crippen LogP contribution in [0.5, 0.6) is 0 Å². The molecule has 1 rings (SSSR count). The number of hydrogen-bond acceptors (Lipinski definition) is 4. The van der Waals surface area contributed by atoms with Gasteiger partial charge in [-0.2, -0.15) is 0 Å². The summed E-state index contributed by atoms with van der Waals surface area (Å²) in [6.07, 6.45) is 0. The molecule has 6 N–H and O–H groups in total. The molecule has 0 saturated heterocycles. The highest BCUT2D eigenvalue weighted by Gasteiger charge is 1.93. The quantitative estimate of drug-likeness (QED) is 0.286. The SMILES string of the molecule is Nc1cccc(N(N)N)c1. The van der Waals surface area contributed by atoms with E-state index in [1.165, 1.54) is 0 Å². The average Bonchev–Trinajstić information content (AvgIpc) is 1.88. The van der Waals surface area contributed by atoms with Gasteiger partial charge in [-0.15, -0.1) is 0 Å². The zero-order valence-corrected chi connectivity index (χ0v) is 5.49. The summed E-state index contributed by atoms with van der Waals surface area (Å²) in [4.78, 5) is 0. The number of rotatable bonds is 1. The zero-order chi connectivity index (χ0) is 7.56. The molecule has 0 unspecified atom stereocenters. The lowest BCUT2D eigenvalue weighted by molar-refractivity contribution is 0.925. The molecule has 4 heteroatoms. The molecule has 0 aliphatic heterocycles. The summed E-state index contributed by atoms with van der Waals surface area (Å²) in [6.45, 7) is 0. The van der Waals surface area contributed by atoms with Gasteiger partial charge in [0.1, 0.15) is 0 Å². The molecule has 4 nitrogen and oxygen atoms in total. The van der Waals surface area contributed by atoms with Crippen molar-refractivity contribution in [3.05, 3.63) is 24.3 Å².